The van der Waals surface area contributed by atoms with Crippen LogP contribution in [0.25, 0.3) is 0 Å². The maximum atomic E-state index is 12.4. The molecule has 0 bridgehead atoms. The summed E-state index contributed by atoms with van der Waals surface area (Å²) in [7, 11) is 1.46. The number of hydrogen-bond acceptors (Lipinski definition) is 5. The van der Waals surface area contributed by atoms with E-state index >= 15 is 0 Å². The second-order valence-electron chi connectivity index (χ2n) is 7.44. The van der Waals surface area contributed by atoms with Crippen molar-refractivity contribution in [1.82, 2.24) is 5.32 Å². The molecule has 0 saturated carbocycles. The number of benzene rings is 2. The van der Waals surface area contributed by atoms with Crippen molar-refractivity contribution in [3.63, 3.8) is 0 Å². The van der Waals surface area contributed by atoms with Gasteiger partial charge >= 0.3 is 5.97 Å². The molecule has 2 aromatic carbocycles. The highest BCUT2D eigenvalue weighted by atomic mass is 35.5. The zero-order chi connectivity index (χ0) is 21.7. The number of halogens is 1. The molecule has 0 radical (unpaired) electrons. The first-order valence-corrected chi connectivity index (χ1v) is 10.3. The molecule has 2 aromatic rings. The predicted octanol–water partition coefficient (Wildman–Crippen LogP) is 4.49. The first kappa shape index (κ1) is 22.0. The van der Waals surface area contributed by atoms with Crippen LogP contribution in [-0.2, 0) is 16.0 Å². The van der Waals surface area contributed by atoms with Crippen molar-refractivity contribution >= 4 is 23.5 Å². The molecule has 1 amide bonds. The molecule has 6 nitrogen and oxygen atoms in total. The summed E-state index contributed by atoms with van der Waals surface area (Å²) in [5.74, 6) is -0.320. The van der Waals surface area contributed by atoms with Gasteiger partial charge in [-0.15, -0.1) is 0 Å². The van der Waals surface area contributed by atoms with Crippen molar-refractivity contribution in [2.45, 2.75) is 45.3 Å². The standard InChI is InChI=1S/C23H26ClNO5/c1-14(2)30-22-18(24)11-16(12-20(22)28-3)23(27)29-13-21(26)25-19-10-6-8-15-7-4-5-9-17(15)19/h4-5,7,9,11-12,14,19H,6,8,10,13H2,1-3H3,(H,25,26)/t19-/m1/s1. The van der Waals surface area contributed by atoms with Gasteiger partial charge in [-0.2, -0.15) is 0 Å². The topological polar surface area (TPSA) is 73.9 Å². The molecule has 0 heterocycles. The molecule has 0 aliphatic heterocycles. The van der Waals surface area contributed by atoms with Crippen LogP contribution in [0.2, 0.25) is 5.02 Å². The fraction of sp³-hybridized carbons (Fsp3) is 0.391. The molecule has 0 fully saturated rings. The number of esters is 1. The number of fused-ring (bicyclic) bond motifs is 1. The Morgan fingerprint density at radius 1 is 1.23 bits per heavy atom. The number of hydrogen-bond donors (Lipinski definition) is 1. The van der Waals surface area contributed by atoms with Gasteiger partial charge in [0.1, 0.15) is 0 Å². The summed E-state index contributed by atoms with van der Waals surface area (Å²) < 4.78 is 16.1. The third kappa shape index (κ3) is 5.25. The van der Waals surface area contributed by atoms with E-state index in [1.807, 2.05) is 32.0 Å². The monoisotopic (exact) mass is 431 g/mol. The van der Waals surface area contributed by atoms with E-state index in [1.54, 1.807) is 0 Å². The first-order chi connectivity index (χ1) is 14.4. The number of carbonyl (C=O) groups excluding carboxylic acids is 2. The number of methoxy groups -OCH3 is 1. The Morgan fingerprint density at radius 2 is 2.00 bits per heavy atom. The van der Waals surface area contributed by atoms with Gasteiger partial charge in [-0.3, -0.25) is 4.79 Å². The van der Waals surface area contributed by atoms with Gasteiger partial charge in [0.25, 0.3) is 5.91 Å². The number of rotatable bonds is 7. The summed E-state index contributed by atoms with van der Waals surface area (Å²) in [5, 5.41) is 3.19. The summed E-state index contributed by atoms with van der Waals surface area (Å²) in [5.41, 5.74) is 2.56. The Hall–Kier alpha value is -2.73. The SMILES string of the molecule is COc1cc(C(=O)OCC(=O)N[C@@H]2CCCc3ccccc32)cc(Cl)c1OC(C)C. The molecule has 160 valence electrons. The smallest absolute Gasteiger partial charge is 0.338 e. The number of aryl methyl sites for hydroxylation is 1. The minimum atomic E-state index is -0.662. The molecule has 0 aromatic heterocycles. The lowest BCUT2D eigenvalue weighted by Crippen LogP contribution is -2.34. The minimum Gasteiger partial charge on any atom is -0.493 e. The summed E-state index contributed by atoms with van der Waals surface area (Å²) in [6, 6.07) is 10.9. The number of amides is 1. The molecule has 1 aliphatic rings. The predicted molar refractivity (Wildman–Crippen MR) is 114 cm³/mol. The zero-order valence-corrected chi connectivity index (χ0v) is 18.1. The van der Waals surface area contributed by atoms with E-state index in [4.69, 9.17) is 25.8 Å². The average molecular weight is 432 g/mol. The fourth-order valence-corrected chi connectivity index (χ4v) is 3.80. The van der Waals surface area contributed by atoms with Gasteiger partial charge in [0.05, 0.1) is 29.8 Å². The summed E-state index contributed by atoms with van der Waals surface area (Å²) >= 11 is 6.25. The average Bonchev–Trinajstić information content (AvgIpc) is 2.73. The van der Waals surface area contributed by atoms with Crippen molar-refractivity contribution < 1.29 is 23.8 Å². The van der Waals surface area contributed by atoms with E-state index in [2.05, 4.69) is 11.4 Å². The lowest BCUT2D eigenvalue weighted by atomic mass is 9.88. The van der Waals surface area contributed by atoms with Gasteiger partial charge in [-0.25, -0.2) is 4.79 Å². The Labute approximate surface area is 181 Å². The zero-order valence-electron chi connectivity index (χ0n) is 17.4. The second-order valence-corrected chi connectivity index (χ2v) is 7.85. The van der Waals surface area contributed by atoms with Gasteiger partial charge < -0.3 is 19.5 Å². The molecule has 1 atom stereocenters. The van der Waals surface area contributed by atoms with Crippen molar-refractivity contribution in [3.8, 4) is 11.5 Å². The first-order valence-electron chi connectivity index (χ1n) is 9.97. The lowest BCUT2D eigenvalue weighted by molar-refractivity contribution is -0.125. The molecule has 0 saturated heterocycles. The molecule has 30 heavy (non-hydrogen) atoms. The van der Waals surface area contributed by atoms with Crippen LogP contribution in [0.1, 0.15) is 54.2 Å². The van der Waals surface area contributed by atoms with E-state index in [9.17, 15) is 9.59 Å². The van der Waals surface area contributed by atoms with E-state index in [0.29, 0.717) is 11.5 Å². The minimum absolute atomic E-state index is 0.0665. The molecule has 0 spiro atoms. The fourth-order valence-electron chi connectivity index (χ4n) is 3.54. The highest BCUT2D eigenvalue weighted by Crippen LogP contribution is 2.37. The van der Waals surface area contributed by atoms with Crippen LogP contribution in [0.15, 0.2) is 36.4 Å². The number of ether oxygens (including phenoxy) is 3. The maximum Gasteiger partial charge on any atom is 0.338 e. The van der Waals surface area contributed by atoms with Gasteiger partial charge in [-0.05, 0) is 56.4 Å². The number of carbonyl (C=O) groups is 2. The third-order valence-corrected chi connectivity index (χ3v) is 5.14. The molecule has 1 N–H and O–H groups in total. The summed E-state index contributed by atoms with van der Waals surface area (Å²) in [4.78, 5) is 24.8. The number of nitrogens with one attached hydrogen (secondary N) is 1. The van der Waals surface area contributed by atoms with Crippen LogP contribution in [0.4, 0.5) is 0 Å². The van der Waals surface area contributed by atoms with Crippen molar-refractivity contribution in [2.24, 2.45) is 0 Å². The van der Waals surface area contributed by atoms with E-state index < -0.39 is 5.97 Å². The second kappa shape index (κ2) is 9.85. The molecule has 1 aliphatic carbocycles. The molecular weight excluding hydrogens is 406 g/mol. The lowest BCUT2D eigenvalue weighted by Gasteiger charge is -2.26. The highest BCUT2D eigenvalue weighted by molar-refractivity contribution is 6.32. The maximum absolute atomic E-state index is 12.4. The van der Waals surface area contributed by atoms with Crippen molar-refractivity contribution in [2.75, 3.05) is 13.7 Å². The Morgan fingerprint density at radius 3 is 2.73 bits per heavy atom. The normalized spacial score (nSPS) is 15.3. The van der Waals surface area contributed by atoms with Crippen molar-refractivity contribution in [1.29, 1.82) is 0 Å². The third-order valence-electron chi connectivity index (χ3n) is 4.86. The molecular formula is C23H26ClNO5. The van der Waals surface area contributed by atoms with E-state index in [0.717, 1.165) is 24.8 Å². The van der Waals surface area contributed by atoms with Crippen LogP contribution in [0, 0.1) is 0 Å². The largest absolute Gasteiger partial charge is 0.493 e. The Balaban J connectivity index is 1.62. The summed E-state index contributed by atoms with van der Waals surface area (Å²) in [6.07, 6.45) is 2.77. The van der Waals surface area contributed by atoms with Crippen LogP contribution in [0.3, 0.4) is 0 Å². The summed E-state index contributed by atoms with van der Waals surface area (Å²) in [6.45, 7) is 3.35. The molecule has 3 rings (SSSR count). The van der Waals surface area contributed by atoms with Crippen LogP contribution in [0.5, 0.6) is 11.5 Å². The van der Waals surface area contributed by atoms with Gasteiger partial charge in [-0.1, -0.05) is 35.9 Å². The molecule has 0 unspecified atom stereocenters. The van der Waals surface area contributed by atoms with Crippen molar-refractivity contribution in [3.05, 3.63) is 58.1 Å². The van der Waals surface area contributed by atoms with Gasteiger partial charge in [0.15, 0.2) is 18.1 Å². The molecule has 7 heteroatoms. The van der Waals surface area contributed by atoms with E-state index in [-0.39, 0.29) is 35.2 Å². The van der Waals surface area contributed by atoms with Gasteiger partial charge in [0.2, 0.25) is 0 Å². The highest BCUT2D eigenvalue weighted by Gasteiger charge is 2.23. The van der Waals surface area contributed by atoms with Crippen LogP contribution in [-0.4, -0.2) is 31.7 Å². The Bertz CT molecular complexity index is 928. The quantitative estimate of drug-likeness (QED) is 0.654. The van der Waals surface area contributed by atoms with Crippen LogP contribution < -0.4 is 14.8 Å². The van der Waals surface area contributed by atoms with E-state index in [1.165, 1.54) is 24.8 Å². The van der Waals surface area contributed by atoms with Crippen LogP contribution >= 0.6 is 11.6 Å². The Kier molecular flexibility index (Phi) is 7.21. The van der Waals surface area contributed by atoms with Gasteiger partial charge in [0, 0.05) is 0 Å².